The van der Waals surface area contributed by atoms with Crippen LogP contribution in [0.25, 0.3) is 56.4 Å². The molecular formula is C39H34N6O4. The normalized spacial score (nSPS) is 11.0. The molecule has 0 N–H and O–H groups in total. The zero-order chi connectivity index (χ0) is 33.9. The second kappa shape index (κ2) is 13.4. The van der Waals surface area contributed by atoms with E-state index in [1.54, 1.807) is 28.4 Å². The van der Waals surface area contributed by atoms with Crippen LogP contribution in [0.15, 0.2) is 115 Å². The second-order valence-corrected chi connectivity index (χ2v) is 11.2. The van der Waals surface area contributed by atoms with E-state index in [4.69, 9.17) is 29.0 Å². The first-order valence-electron chi connectivity index (χ1n) is 15.6. The Balaban J connectivity index is 1.47. The molecule has 4 aromatic carbocycles. The third-order valence-corrected chi connectivity index (χ3v) is 8.35. The van der Waals surface area contributed by atoms with Crippen molar-refractivity contribution in [3.05, 3.63) is 121 Å². The summed E-state index contributed by atoms with van der Waals surface area (Å²) in [6.07, 6.45) is 2.03. The fourth-order valence-electron chi connectivity index (χ4n) is 5.81. The van der Waals surface area contributed by atoms with E-state index in [1.807, 2.05) is 120 Å². The minimum atomic E-state index is 0.602. The first-order valence-corrected chi connectivity index (χ1v) is 15.6. The molecule has 7 rings (SSSR count). The van der Waals surface area contributed by atoms with Gasteiger partial charge >= 0.3 is 0 Å². The van der Waals surface area contributed by atoms with Crippen LogP contribution >= 0.6 is 0 Å². The Bertz CT molecular complexity index is 2170. The van der Waals surface area contributed by atoms with Crippen molar-refractivity contribution in [2.75, 3.05) is 28.4 Å². The third kappa shape index (κ3) is 5.96. The fraction of sp³-hybridized carbons (Fsp3) is 0.128. The van der Waals surface area contributed by atoms with Crippen LogP contribution in [-0.4, -0.2) is 58.2 Å². The predicted molar refractivity (Wildman–Crippen MR) is 189 cm³/mol. The summed E-state index contributed by atoms with van der Waals surface area (Å²) in [5, 5.41) is 14.3. The Morgan fingerprint density at radius 1 is 0.531 bits per heavy atom. The van der Waals surface area contributed by atoms with E-state index in [1.165, 1.54) is 0 Å². The van der Waals surface area contributed by atoms with E-state index in [0.29, 0.717) is 34.4 Å². The molecule has 244 valence electrons. The molecule has 0 saturated heterocycles. The Hall–Kier alpha value is -6.42. The van der Waals surface area contributed by atoms with Crippen LogP contribution in [0.2, 0.25) is 0 Å². The van der Waals surface area contributed by atoms with E-state index in [-0.39, 0.29) is 0 Å². The maximum absolute atomic E-state index is 5.65. The number of benzene rings is 4. The summed E-state index contributed by atoms with van der Waals surface area (Å²) in [6, 6.07) is 35.6. The fourth-order valence-corrected chi connectivity index (χ4v) is 5.81. The molecule has 0 amide bonds. The molecule has 49 heavy (non-hydrogen) atoms. The first-order chi connectivity index (χ1) is 24.0. The minimum absolute atomic E-state index is 0.602. The average molecular weight is 651 g/mol. The van der Waals surface area contributed by atoms with Crippen molar-refractivity contribution in [1.82, 2.24) is 29.8 Å². The van der Waals surface area contributed by atoms with Gasteiger partial charge < -0.3 is 18.9 Å². The zero-order valence-corrected chi connectivity index (χ0v) is 27.8. The predicted octanol–water partition coefficient (Wildman–Crippen LogP) is 7.86. The van der Waals surface area contributed by atoms with Crippen molar-refractivity contribution in [3.63, 3.8) is 0 Å². The molecule has 0 atom stereocenters. The number of ether oxygens (including phenoxy) is 4. The molecule has 0 radical (unpaired) electrons. The summed E-state index contributed by atoms with van der Waals surface area (Å²) in [6.45, 7) is 2.00. The Morgan fingerprint density at radius 2 is 1.06 bits per heavy atom. The van der Waals surface area contributed by atoms with Crippen molar-refractivity contribution >= 4 is 0 Å². The van der Waals surface area contributed by atoms with E-state index < -0.39 is 0 Å². The van der Waals surface area contributed by atoms with Crippen LogP contribution in [0.1, 0.15) is 5.69 Å². The Labute approximate surface area is 284 Å². The van der Waals surface area contributed by atoms with E-state index >= 15 is 0 Å². The van der Waals surface area contributed by atoms with Crippen molar-refractivity contribution in [3.8, 4) is 79.4 Å². The lowest BCUT2D eigenvalue weighted by molar-refractivity contribution is 0.355. The Morgan fingerprint density at radius 3 is 1.59 bits per heavy atom. The number of hydrogen-bond acceptors (Lipinski definition) is 8. The van der Waals surface area contributed by atoms with Gasteiger partial charge in [0.1, 0.15) is 11.4 Å². The molecular weight excluding hydrogens is 616 g/mol. The van der Waals surface area contributed by atoms with Crippen molar-refractivity contribution < 1.29 is 18.9 Å². The van der Waals surface area contributed by atoms with Gasteiger partial charge in [0.15, 0.2) is 23.0 Å². The highest BCUT2D eigenvalue weighted by atomic mass is 16.5. The standard InChI is InChI=1S/C39H34N6O4/c1-25-38(41-43-45(25)30-14-10-7-11-15-30)39-31(24-44(42-39)29-12-8-6-9-13-29)28-20-32(26-16-18-34(46-2)36(22-26)48-4)40-33(21-28)27-17-19-35(47-3)37(23-27)49-5/h6-24H,1-5H3. The number of methoxy groups -OCH3 is 4. The van der Waals surface area contributed by atoms with Gasteiger partial charge in [0, 0.05) is 22.9 Å². The van der Waals surface area contributed by atoms with Crippen LogP contribution in [0.3, 0.4) is 0 Å². The van der Waals surface area contributed by atoms with Crippen molar-refractivity contribution in [2.24, 2.45) is 0 Å². The van der Waals surface area contributed by atoms with E-state index in [9.17, 15) is 0 Å². The van der Waals surface area contributed by atoms with E-state index in [2.05, 4.69) is 22.4 Å². The van der Waals surface area contributed by atoms with Gasteiger partial charge in [-0.2, -0.15) is 5.10 Å². The molecule has 0 aliphatic carbocycles. The highest BCUT2D eigenvalue weighted by Gasteiger charge is 2.23. The van der Waals surface area contributed by atoms with Crippen LogP contribution in [0, 0.1) is 6.92 Å². The minimum Gasteiger partial charge on any atom is -0.493 e. The van der Waals surface area contributed by atoms with Gasteiger partial charge in [-0.1, -0.05) is 41.6 Å². The van der Waals surface area contributed by atoms with Gasteiger partial charge in [-0.3, -0.25) is 0 Å². The summed E-state index contributed by atoms with van der Waals surface area (Å²) in [5.41, 5.74) is 8.95. The van der Waals surface area contributed by atoms with Crippen LogP contribution in [-0.2, 0) is 0 Å². The molecule has 0 unspecified atom stereocenters. The Kier molecular flexibility index (Phi) is 8.51. The molecule has 10 heteroatoms. The highest BCUT2D eigenvalue weighted by molar-refractivity contribution is 5.85. The lowest BCUT2D eigenvalue weighted by atomic mass is 9.98. The summed E-state index contributed by atoms with van der Waals surface area (Å²) < 4.78 is 26.0. The zero-order valence-electron chi connectivity index (χ0n) is 27.8. The molecule has 0 saturated carbocycles. The first kappa shape index (κ1) is 31.2. The quantitative estimate of drug-likeness (QED) is 0.148. The number of hydrogen-bond donors (Lipinski definition) is 0. The molecule has 3 aromatic heterocycles. The number of para-hydroxylation sites is 2. The third-order valence-electron chi connectivity index (χ3n) is 8.35. The van der Waals surface area contributed by atoms with Crippen molar-refractivity contribution in [2.45, 2.75) is 6.92 Å². The monoisotopic (exact) mass is 650 g/mol. The van der Waals surface area contributed by atoms with Gasteiger partial charge in [-0.25, -0.2) is 14.3 Å². The molecule has 3 heterocycles. The van der Waals surface area contributed by atoms with Crippen LogP contribution in [0.5, 0.6) is 23.0 Å². The van der Waals surface area contributed by atoms with Crippen LogP contribution < -0.4 is 18.9 Å². The largest absolute Gasteiger partial charge is 0.493 e. The molecule has 10 nitrogen and oxygen atoms in total. The highest BCUT2D eigenvalue weighted by Crippen LogP contribution is 2.40. The van der Waals surface area contributed by atoms with Gasteiger partial charge in [-0.15, -0.1) is 5.10 Å². The second-order valence-electron chi connectivity index (χ2n) is 11.2. The van der Waals surface area contributed by atoms with Gasteiger partial charge in [0.25, 0.3) is 0 Å². The molecule has 0 aliphatic rings. The molecule has 7 aromatic rings. The summed E-state index contributed by atoms with van der Waals surface area (Å²) in [4.78, 5) is 5.14. The van der Waals surface area contributed by atoms with Gasteiger partial charge in [0.2, 0.25) is 0 Å². The number of rotatable bonds is 10. The molecule has 0 spiro atoms. The van der Waals surface area contributed by atoms with Crippen LogP contribution in [0.4, 0.5) is 0 Å². The smallest absolute Gasteiger partial charge is 0.161 e. The molecule has 0 bridgehead atoms. The number of nitrogens with zero attached hydrogens (tertiary/aromatic N) is 6. The number of pyridine rings is 1. The number of aromatic nitrogens is 6. The SMILES string of the molecule is COc1ccc(-c2cc(-c3cn(-c4ccccc4)nc3-c3nnn(-c4ccccc4)c3C)cc(-c3ccc(OC)c(OC)c3)n2)cc1OC. The van der Waals surface area contributed by atoms with Gasteiger partial charge in [0.05, 0.1) is 56.9 Å². The maximum atomic E-state index is 5.65. The molecule has 0 aliphatic heterocycles. The van der Waals surface area contributed by atoms with E-state index in [0.717, 1.165) is 50.7 Å². The van der Waals surface area contributed by atoms with Gasteiger partial charge in [-0.05, 0) is 85.3 Å². The average Bonchev–Trinajstić information content (AvgIpc) is 3.78. The molecule has 0 fully saturated rings. The summed E-state index contributed by atoms with van der Waals surface area (Å²) >= 11 is 0. The summed E-state index contributed by atoms with van der Waals surface area (Å²) in [7, 11) is 6.48. The van der Waals surface area contributed by atoms with Crippen molar-refractivity contribution in [1.29, 1.82) is 0 Å². The maximum Gasteiger partial charge on any atom is 0.161 e. The lowest BCUT2D eigenvalue weighted by Crippen LogP contribution is -1.99. The lowest BCUT2D eigenvalue weighted by Gasteiger charge is -2.14. The topological polar surface area (TPSA) is 98.3 Å². The summed E-state index contributed by atoms with van der Waals surface area (Å²) in [5.74, 6) is 2.47.